The lowest BCUT2D eigenvalue weighted by atomic mass is 10.0. The predicted octanol–water partition coefficient (Wildman–Crippen LogP) is 5.88. The zero-order chi connectivity index (χ0) is 34.9. The molecule has 4 aromatic rings. The number of carbonyl (C=O) groups is 5. The van der Waals surface area contributed by atoms with E-state index in [1.54, 1.807) is 62.6 Å². The summed E-state index contributed by atoms with van der Waals surface area (Å²) < 4.78 is 6.61. The van der Waals surface area contributed by atoms with E-state index >= 15 is 0 Å². The average Bonchev–Trinajstić information content (AvgIpc) is 3.16. The number of halogens is 1. The number of hydrogen-bond donors (Lipinski definition) is 2. The van der Waals surface area contributed by atoms with E-state index < -0.39 is 41.9 Å². The molecule has 0 bridgehead atoms. The molecule has 3 atom stereocenters. The third-order valence-corrected chi connectivity index (χ3v) is 9.48. The lowest BCUT2D eigenvalue weighted by Gasteiger charge is -2.33. The normalized spacial score (nSPS) is 16.5. The Kier molecular flexibility index (Phi) is 9.85. The van der Waals surface area contributed by atoms with Crippen molar-refractivity contribution in [2.75, 3.05) is 24.0 Å². The number of carbonyl (C=O) groups excluding carboxylic acids is 4. The maximum absolute atomic E-state index is 14.8. The molecule has 11 nitrogen and oxygen atoms in total. The highest BCUT2D eigenvalue weighted by Gasteiger charge is 2.43. The molecule has 0 saturated heterocycles. The van der Waals surface area contributed by atoms with Crippen molar-refractivity contribution in [3.05, 3.63) is 100 Å². The molecule has 0 radical (unpaired) electrons. The Morgan fingerprint density at radius 1 is 0.938 bits per heavy atom. The molecule has 12 heteroatoms. The van der Waals surface area contributed by atoms with Crippen molar-refractivity contribution in [1.29, 1.82) is 0 Å². The Morgan fingerprint density at radius 2 is 1.58 bits per heavy atom. The maximum atomic E-state index is 14.8. The standard InChI is InChI=1S/C36H35BrN4O7/c1-20-32(38-33(43)21(2)39(4)36(46)47)35(45)40(19-27-25-9-8-10-28(37)26(25)17-18-31(27)48-5)29-11-6-7-12-30(29)41(20)34(44)24-15-13-23(14-16-24)22(3)42/h6-18,20-21,32H,19H2,1-5H3,(H,38,43)(H,46,47)/t20-,21-,32-/m0/s1. The summed E-state index contributed by atoms with van der Waals surface area (Å²) in [6, 6.07) is 19.3. The fourth-order valence-electron chi connectivity index (χ4n) is 5.87. The fraction of sp³-hybridized carbons (Fsp3) is 0.250. The van der Waals surface area contributed by atoms with Crippen molar-refractivity contribution in [3.63, 3.8) is 0 Å². The Bertz CT molecular complexity index is 1930. The molecule has 48 heavy (non-hydrogen) atoms. The van der Waals surface area contributed by atoms with Crippen molar-refractivity contribution >= 4 is 67.7 Å². The summed E-state index contributed by atoms with van der Waals surface area (Å²) in [7, 11) is 2.81. The number of anilines is 2. The molecule has 4 amide bonds. The second-order valence-electron chi connectivity index (χ2n) is 11.6. The van der Waals surface area contributed by atoms with Crippen LogP contribution in [0.2, 0.25) is 0 Å². The number of hydrogen-bond acceptors (Lipinski definition) is 6. The first-order valence-corrected chi connectivity index (χ1v) is 16.0. The highest BCUT2D eigenvalue weighted by Crippen LogP contribution is 2.40. The third kappa shape index (κ3) is 6.35. The Hall–Kier alpha value is -5.23. The molecule has 0 saturated carbocycles. The maximum Gasteiger partial charge on any atom is 0.407 e. The van der Waals surface area contributed by atoms with Crippen molar-refractivity contribution in [3.8, 4) is 5.75 Å². The van der Waals surface area contributed by atoms with Gasteiger partial charge in [0.15, 0.2) is 5.78 Å². The second kappa shape index (κ2) is 13.9. The molecule has 0 fully saturated rings. The summed E-state index contributed by atoms with van der Waals surface area (Å²) in [5.41, 5.74) is 2.26. The summed E-state index contributed by atoms with van der Waals surface area (Å²) in [5, 5.41) is 14.0. The van der Waals surface area contributed by atoms with E-state index in [9.17, 15) is 29.1 Å². The molecule has 0 spiro atoms. The first kappa shape index (κ1) is 34.1. The molecule has 248 valence electrons. The van der Waals surface area contributed by atoms with E-state index in [0.717, 1.165) is 20.1 Å². The van der Waals surface area contributed by atoms with Crippen LogP contribution in [0.5, 0.6) is 5.75 Å². The number of ketones is 1. The van der Waals surface area contributed by atoms with Gasteiger partial charge in [-0.1, -0.05) is 52.3 Å². The molecule has 1 heterocycles. The zero-order valence-corrected chi connectivity index (χ0v) is 28.6. The molecule has 0 aliphatic carbocycles. The van der Waals surface area contributed by atoms with Crippen LogP contribution in [0.4, 0.5) is 16.2 Å². The highest BCUT2D eigenvalue weighted by molar-refractivity contribution is 9.10. The number of benzene rings is 4. The summed E-state index contributed by atoms with van der Waals surface area (Å²) in [5.74, 6) is -1.28. The van der Waals surface area contributed by atoms with Crippen LogP contribution in [0.25, 0.3) is 10.8 Å². The number of likely N-dealkylation sites (N-methyl/N-ethyl adjacent to an activating group) is 1. The van der Waals surface area contributed by atoms with Gasteiger partial charge in [-0.15, -0.1) is 0 Å². The monoisotopic (exact) mass is 714 g/mol. The summed E-state index contributed by atoms with van der Waals surface area (Å²) in [4.78, 5) is 70.0. The van der Waals surface area contributed by atoms with Crippen molar-refractivity contribution in [2.24, 2.45) is 0 Å². The minimum Gasteiger partial charge on any atom is -0.496 e. The molecule has 0 aromatic heterocycles. The van der Waals surface area contributed by atoms with E-state index in [1.165, 1.54) is 30.7 Å². The van der Waals surface area contributed by atoms with Crippen LogP contribution in [0.3, 0.4) is 0 Å². The Labute approximate surface area is 286 Å². The first-order chi connectivity index (χ1) is 22.8. The van der Waals surface area contributed by atoms with Crippen molar-refractivity contribution in [1.82, 2.24) is 10.2 Å². The van der Waals surface area contributed by atoms with Crippen LogP contribution in [-0.2, 0) is 16.1 Å². The number of amides is 4. The molecule has 2 N–H and O–H groups in total. The number of carboxylic acid groups (broad SMARTS) is 1. The van der Waals surface area contributed by atoms with Gasteiger partial charge in [0.2, 0.25) is 5.91 Å². The van der Waals surface area contributed by atoms with Gasteiger partial charge in [-0.2, -0.15) is 0 Å². The minimum atomic E-state index is -1.31. The van der Waals surface area contributed by atoms with Crippen LogP contribution in [0.15, 0.2) is 83.3 Å². The Morgan fingerprint density at radius 3 is 2.21 bits per heavy atom. The Balaban J connectivity index is 1.68. The molecular weight excluding hydrogens is 680 g/mol. The average molecular weight is 716 g/mol. The molecule has 1 aliphatic rings. The lowest BCUT2D eigenvalue weighted by Crippen LogP contribution is -2.60. The van der Waals surface area contributed by atoms with Gasteiger partial charge in [-0.05, 0) is 74.0 Å². The number of methoxy groups -OCH3 is 1. The summed E-state index contributed by atoms with van der Waals surface area (Å²) in [6.07, 6.45) is -1.31. The van der Waals surface area contributed by atoms with Crippen molar-refractivity contribution < 1.29 is 33.8 Å². The van der Waals surface area contributed by atoms with E-state index in [4.69, 9.17) is 4.74 Å². The molecular formula is C36H35BrN4O7. The first-order valence-electron chi connectivity index (χ1n) is 15.2. The van der Waals surface area contributed by atoms with Crippen LogP contribution in [-0.4, -0.2) is 71.9 Å². The number of ether oxygens (including phenoxy) is 1. The van der Waals surface area contributed by atoms with Gasteiger partial charge in [0.25, 0.3) is 11.8 Å². The van der Waals surface area contributed by atoms with E-state index in [-0.39, 0.29) is 17.9 Å². The number of para-hydroxylation sites is 2. The molecule has 0 unspecified atom stereocenters. The topological polar surface area (TPSA) is 137 Å². The largest absolute Gasteiger partial charge is 0.496 e. The lowest BCUT2D eigenvalue weighted by molar-refractivity contribution is -0.130. The zero-order valence-electron chi connectivity index (χ0n) is 27.1. The number of Topliss-reactive ketones (excluding diaryl/α,β-unsaturated/α-hetero) is 1. The van der Waals surface area contributed by atoms with Crippen molar-refractivity contribution in [2.45, 2.75) is 45.4 Å². The quantitative estimate of drug-likeness (QED) is 0.218. The molecule has 1 aliphatic heterocycles. The van der Waals surface area contributed by atoms with Gasteiger partial charge in [0.05, 0.1) is 31.1 Å². The number of nitrogens with one attached hydrogen (secondary N) is 1. The fourth-order valence-corrected chi connectivity index (χ4v) is 6.37. The van der Waals surface area contributed by atoms with E-state index in [2.05, 4.69) is 21.2 Å². The third-order valence-electron chi connectivity index (χ3n) is 8.78. The van der Waals surface area contributed by atoms with Crippen LogP contribution < -0.4 is 19.9 Å². The van der Waals surface area contributed by atoms with E-state index in [1.807, 2.05) is 30.3 Å². The molecule has 5 rings (SSSR count). The number of fused-ring (bicyclic) bond motifs is 2. The number of nitrogens with zero attached hydrogens (tertiary/aromatic N) is 3. The van der Waals surface area contributed by atoms with E-state index in [0.29, 0.717) is 28.3 Å². The smallest absolute Gasteiger partial charge is 0.407 e. The second-order valence-corrected chi connectivity index (χ2v) is 12.5. The van der Waals surface area contributed by atoms with Crippen LogP contribution in [0.1, 0.15) is 47.1 Å². The highest BCUT2D eigenvalue weighted by atomic mass is 79.9. The SMILES string of the molecule is COc1ccc2c(Br)cccc2c1CN1C(=O)[C@@H](NC(=O)[C@H](C)N(C)C(=O)O)[C@H](C)N(C(=O)c2ccc(C(C)=O)cc2)c2ccccc21. The minimum absolute atomic E-state index is 0.0197. The summed E-state index contributed by atoms with van der Waals surface area (Å²) >= 11 is 3.61. The van der Waals surface area contributed by atoms with Gasteiger partial charge < -0.3 is 25.0 Å². The predicted molar refractivity (Wildman–Crippen MR) is 186 cm³/mol. The summed E-state index contributed by atoms with van der Waals surface area (Å²) in [6.45, 7) is 4.53. The van der Waals surface area contributed by atoms with Gasteiger partial charge in [-0.3, -0.25) is 24.1 Å². The van der Waals surface area contributed by atoms with Crippen LogP contribution in [0, 0.1) is 0 Å². The van der Waals surface area contributed by atoms with Gasteiger partial charge >= 0.3 is 6.09 Å². The van der Waals surface area contributed by atoms with Crippen LogP contribution >= 0.6 is 15.9 Å². The number of rotatable bonds is 8. The van der Waals surface area contributed by atoms with Gasteiger partial charge in [0, 0.05) is 28.2 Å². The van der Waals surface area contributed by atoms with Gasteiger partial charge in [-0.25, -0.2) is 4.79 Å². The molecule has 4 aromatic carbocycles. The van der Waals surface area contributed by atoms with Gasteiger partial charge in [0.1, 0.15) is 17.8 Å².